The smallest absolute Gasteiger partial charge is 0.242 e. The van der Waals surface area contributed by atoms with Gasteiger partial charge in [0.1, 0.15) is 0 Å². The van der Waals surface area contributed by atoms with Gasteiger partial charge in [-0.3, -0.25) is 4.79 Å². The third kappa shape index (κ3) is 2.51. The van der Waals surface area contributed by atoms with Crippen LogP contribution in [0.25, 0.3) is 11.0 Å². The first-order valence-corrected chi connectivity index (χ1v) is 5.44. The van der Waals surface area contributed by atoms with Gasteiger partial charge in [-0.1, -0.05) is 23.7 Å². The number of fused-ring (bicyclic) bond motifs is 1. The van der Waals surface area contributed by atoms with Crippen LogP contribution in [0.1, 0.15) is 6.92 Å². The van der Waals surface area contributed by atoms with E-state index < -0.39 is 6.04 Å². The molecule has 0 saturated carbocycles. The molecule has 0 unspecified atom stereocenters. The number of carbonyl (C=O) groups is 1. The van der Waals surface area contributed by atoms with Gasteiger partial charge in [0, 0.05) is 0 Å². The van der Waals surface area contributed by atoms with Crippen LogP contribution in [0.5, 0.6) is 0 Å². The summed E-state index contributed by atoms with van der Waals surface area (Å²) >= 11 is 5.92. The van der Waals surface area contributed by atoms with Gasteiger partial charge in [-0.05, 0) is 19.1 Å². The van der Waals surface area contributed by atoms with E-state index in [1.807, 2.05) is 12.1 Å². The Hall–Kier alpha value is -1.72. The second-order valence-corrected chi connectivity index (χ2v) is 3.99. The number of benzene rings is 1. The van der Waals surface area contributed by atoms with Gasteiger partial charge in [0.15, 0.2) is 11.0 Å². The molecule has 0 radical (unpaired) electrons. The van der Waals surface area contributed by atoms with Crippen molar-refractivity contribution in [1.82, 2.24) is 9.97 Å². The Bertz CT molecular complexity index is 570. The lowest BCUT2D eigenvalue weighted by molar-refractivity contribution is -0.117. The van der Waals surface area contributed by atoms with Gasteiger partial charge in [-0.2, -0.15) is 0 Å². The van der Waals surface area contributed by atoms with Crippen LogP contribution in [0.2, 0.25) is 5.15 Å². The fraction of sp³-hybridized carbons (Fsp3) is 0.182. The summed E-state index contributed by atoms with van der Waals surface area (Å²) in [4.78, 5) is 19.8. The molecule has 1 aromatic carbocycles. The molecule has 2 aromatic rings. The van der Waals surface area contributed by atoms with Crippen molar-refractivity contribution in [2.24, 2.45) is 5.73 Å². The van der Waals surface area contributed by atoms with Crippen molar-refractivity contribution in [1.29, 1.82) is 0 Å². The second-order valence-electron chi connectivity index (χ2n) is 3.63. The van der Waals surface area contributed by atoms with E-state index >= 15 is 0 Å². The fourth-order valence-electron chi connectivity index (χ4n) is 1.29. The minimum Gasteiger partial charge on any atom is -0.320 e. The summed E-state index contributed by atoms with van der Waals surface area (Å²) in [6.45, 7) is 1.58. The van der Waals surface area contributed by atoms with E-state index in [1.165, 1.54) is 0 Å². The number of rotatable bonds is 2. The van der Waals surface area contributed by atoms with Crippen molar-refractivity contribution in [3.8, 4) is 0 Å². The van der Waals surface area contributed by atoms with Crippen molar-refractivity contribution in [3.63, 3.8) is 0 Å². The van der Waals surface area contributed by atoms with E-state index in [2.05, 4.69) is 15.3 Å². The van der Waals surface area contributed by atoms with Crippen molar-refractivity contribution in [2.75, 3.05) is 5.32 Å². The number of hydrogen-bond acceptors (Lipinski definition) is 4. The van der Waals surface area contributed by atoms with E-state index in [4.69, 9.17) is 17.3 Å². The molecule has 0 aliphatic heterocycles. The van der Waals surface area contributed by atoms with Crippen LogP contribution in [-0.2, 0) is 4.79 Å². The summed E-state index contributed by atoms with van der Waals surface area (Å²) in [7, 11) is 0. The van der Waals surface area contributed by atoms with Gasteiger partial charge in [0.05, 0.1) is 17.1 Å². The normalized spacial score (nSPS) is 12.4. The highest BCUT2D eigenvalue weighted by Gasteiger charge is 2.12. The van der Waals surface area contributed by atoms with Crippen LogP contribution in [-0.4, -0.2) is 21.9 Å². The molecule has 0 spiro atoms. The first kappa shape index (κ1) is 11.8. The lowest BCUT2D eigenvalue weighted by Crippen LogP contribution is -2.32. The Labute approximate surface area is 103 Å². The largest absolute Gasteiger partial charge is 0.320 e. The number of carbonyl (C=O) groups excluding carboxylic acids is 1. The number of halogens is 1. The molecule has 2 rings (SSSR count). The van der Waals surface area contributed by atoms with E-state index in [0.29, 0.717) is 11.0 Å². The van der Waals surface area contributed by atoms with Crippen molar-refractivity contribution >= 4 is 34.4 Å². The van der Waals surface area contributed by atoms with Gasteiger partial charge in [-0.15, -0.1) is 0 Å². The Kier molecular flexibility index (Phi) is 3.21. The summed E-state index contributed by atoms with van der Waals surface area (Å²) in [6.07, 6.45) is 0. The minimum absolute atomic E-state index is 0.151. The molecule has 1 heterocycles. The SMILES string of the molecule is C[C@@H](N)C(=O)Nc1nc2ccccc2nc1Cl. The molecule has 0 fully saturated rings. The number of nitrogens with two attached hydrogens (primary N) is 1. The van der Waals surface area contributed by atoms with Gasteiger partial charge < -0.3 is 11.1 Å². The highest BCUT2D eigenvalue weighted by molar-refractivity contribution is 6.32. The van der Waals surface area contributed by atoms with Crippen LogP contribution in [0, 0.1) is 0 Å². The summed E-state index contributed by atoms with van der Waals surface area (Å²) in [6, 6.07) is 6.64. The van der Waals surface area contributed by atoms with Gasteiger partial charge >= 0.3 is 0 Å². The quantitative estimate of drug-likeness (QED) is 0.848. The molecule has 5 nitrogen and oxygen atoms in total. The zero-order chi connectivity index (χ0) is 12.4. The summed E-state index contributed by atoms with van der Waals surface area (Å²) in [5.41, 5.74) is 6.78. The van der Waals surface area contributed by atoms with Crippen LogP contribution < -0.4 is 11.1 Å². The maximum atomic E-state index is 11.4. The lowest BCUT2D eigenvalue weighted by Gasteiger charge is -2.08. The molecule has 1 atom stereocenters. The molecule has 0 aliphatic rings. The molecule has 6 heteroatoms. The van der Waals surface area contributed by atoms with Crippen molar-refractivity contribution in [2.45, 2.75) is 13.0 Å². The van der Waals surface area contributed by atoms with Gasteiger partial charge in [0.25, 0.3) is 0 Å². The predicted molar refractivity (Wildman–Crippen MR) is 66.8 cm³/mol. The summed E-state index contributed by atoms with van der Waals surface area (Å²) < 4.78 is 0. The Morgan fingerprint density at radius 3 is 2.53 bits per heavy atom. The fourth-order valence-corrected chi connectivity index (χ4v) is 1.47. The zero-order valence-corrected chi connectivity index (χ0v) is 9.90. The average Bonchev–Trinajstić information content (AvgIpc) is 2.29. The second kappa shape index (κ2) is 4.65. The molecule has 1 aromatic heterocycles. The van der Waals surface area contributed by atoms with E-state index in [-0.39, 0.29) is 16.9 Å². The first-order chi connectivity index (χ1) is 8.08. The van der Waals surface area contributed by atoms with E-state index in [0.717, 1.165) is 0 Å². The topological polar surface area (TPSA) is 80.9 Å². The number of hydrogen-bond donors (Lipinski definition) is 2. The molecule has 0 aliphatic carbocycles. The standard InChI is InChI=1S/C11H11ClN4O/c1-6(13)11(17)16-10-9(12)14-7-4-2-3-5-8(7)15-10/h2-6H,13H2,1H3,(H,15,16,17)/t6-/m1/s1. The maximum absolute atomic E-state index is 11.4. The first-order valence-electron chi connectivity index (χ1n) is 5.06. The zero-order valence-electron chi connectivity index (χ0n) is 9.14. The van der Waals surface area contributed by atoms with Crippen LogP contribution in [0.3, 0.4) is 0 Å². The molecule has 1 amide bonds. The number of aromatic nitrogens is 2. The van der Waals surface area contributed by atoms with Gasteiger partial charge in [0.2, 0.25) is 5.91 Å². The lowest BCUT2D eigenvalue weighted by atomic mass is 10.3. The molecular formula is C11H11ClN4O. The summed E-state index contributed by atoms with van der Waals surface area (Å²) in [5.74, 6) is -0.121. The number of nitrogens with zero attached hydrogens (tertiary/aromatic N) is 2. The number of para-hydroxylation sites is 2. The number of anilines is 1. The van der Waals surface area contributed by atoms with E-state index in [1.54, 1.807) is 19.1 Å². The molecule has 0 bridgehead atoms. The van der Waals surface area contributed by atoms with Crippen LogP contribution in [0.15, 0.2) is 24.3 Å². The van der Waals surface area contributed by atoms with Crippen molar-refractivity contribution in [3.05, 3.63) is 29.4 Å². The maximum Gasteiger partial charge on any atom is 0.242 e. The molecular weight excluding hydrogens is 240 g/mol. The minimum atomic E-state index is -0.626. The Balaban J connectivity index is 2.41. The highest BCUT2D eigenvalue weighted by Crippen LogP contribution is 2.20. The van der Waals surface area contributed by atoms with Gasteiger partial charge in [-0.25, -0.2) is 9.97 Å². The van der Waals surface area contributed by atoms with Crippen molar-refractivity contribution < 1.29 is 4.79 Å². The average molecular weight is 251 g/mol. The Morgan fingerprint density at radius 2 is 1.94 bits per heavy atom. The van der Waals surface area contributed by atoms with E-state index in [9.17, 15) is 4.79 Å². The summed E-state index contributed by atoms with van der Waals surface area (Å²) in [5, 5.41) is 2.68. The highest BCUT2D eigenvalue weighted by atomic mass is 35.5. The number of amides is 1. The number of nitrogens with one attached hydrogen (secondary N) is 1. The molecule has 3 N–H and O–H groups in total. The third-order valence-electron chi connectivity index (χ3n) is 2.18. The third-order valence-corrected chi connectivity index (χ3v) is 2.45. The molecule has 88 valence electrons. The molecule has 0 saturated heterocycles. The van der Waals surface area contributed by atoms with Crippen LogP contribution >= 0.6 is 11.6 Å². The monoisotopic (exact) mass is 250 g/mol. The Morgan fingerprint density at radius 1 is 1.35 bits per heavy atom. The predicted octanol–water partition coefficient (Wildman–Crippen LogP) is 1.57. The molecule has 17 heavy (non-hydrogen) atoms. The van der Waals surface area contributed by atoms with Crippen LogP contribution in [0.4, 0.5) is 5.82 Å².